The summed E-state index contributed by atoms with van der Waals surface area (Å²) in [7, 11) is 0. The summed E-state index contributed by atoms with van der Waals surface area (Å²) in [5.74, 6) is -0.111. The van der Waals surface area contributed by atoms with Crippen molar-refractivity contribution in [2.24, 2.45) is 5.92 Å². The Kier molecular flexibility index (Phi) is 6.89. The molecule has 0 radical (unpaired) electrons. The minimum atomic E-state index is -0.144. The van der Waals surface area contributed by atoms with E-state index < -0.39 is 0 Å². The molecule has 1 aromatic carbocycles. The predicted molar refractivity (Wildman–Crippen MR) is 114 cm³/mol. The predicted octanol–water partition coefficient (Wildman–Crippen LogP) is 4.46. The number of carbonyl (C=O) groups is 1. The molecule has 0 bridgehead atoms. The maximum Gasteiger partial charge on any atom is 0.229 e. The topological polar surface area (TPSA) is 50.2 Å². The molecule has 1 saturated heterocycles. The number of amides is 1. The van der Waals surface area contributed by atoms with Gasteiger partial charge in [-0.15, -0.1) is 0 Å². The minimum Gasteiger partial charge on any atom is -0.326 e. The number of rotatable bonds is 6. The summed E-state index contributed by atoms with van der Waals surface area (Å²) < 4.78 is 1.94. The highest BCUT2D eigenvalue weighted by atomic mass is 16.1. The molecule has 1 aliphatic rings. The molecule has 152 valence electrons. The number of hydrogen-bond donors (Lipinski definition) is 1. The number of carbonyl (C=O) groups excluding carboxylic acids is 1. The molecule has 2 aromatic rings. The van der Waals surface area contributed by atoms with Gasteiger partial charge in [0.2, 0.25) is 5.91 Å². The molecule has 2 heterocycles. The quantitative estimate of drug-likeness (QED) is 0.802. The van der Waals surface area contributed by atoms with Crippen LogP contribution in [-0.2, 0) is 17.9 Å². The lowest BCUT2D eigenvalue weighted by atomic mass is 10.1. The molecular formula is C23H34N4O. The first-order valence-corrected chi connectivity index (χ1v) is 10.6. The van der Waals surface area contributed by atoms with Gasteiger partial charge in [0.05, 0.1) is 18.2 Å². The van der Waals surface area contributed by atoms with Crippen molar-refractivity contribution in [2.45, 2.75) is 66.5 Å². The largest absolute Gasteiger partial charge is 0.326 e. The number of nitrogens with zero attached hydrogens (tertiary/aromatic N) is 3. The van der Waals surface area contributed by atoms with Crippen molar-refractivity contribution in [3.63, 3.8) is 0 Å². The zero-order chi connectivity index (χ0) is 20.1. The van der Waals surface area contributed by atoms with Crippen molar-refractivity contribution in [1.82, 2.24) is 14.7 Å². The van der Waals surface area contributed by atoms with E-state index in [1.165, 1.54) is 49.9 Å². The summed E-state index contributed by atoms with van der Waals surface area (Å²) >= 11 is 0. The number of nitrogens with one attached hydrogen (secondary N) is 1. The van der Waals surface area contributed by atoms with Gasteiger partial charge in [-0.05, 0) is 70.0 Å². The monoisotopic (exact) mass is 382 g/mol. The van der Waals surface area contributed by atoms with Crippen LogP contribution < -0.4 is 5.32 Å². The zero-order valence-corrected chi connectivity index (χ0v) is 17.8. The molecule has 1 aliphatic heterocycles. The van der Waals surface area contributed by atoms with E-state index in [1.807, 2.05) is 30.7 Å². The molecule has 0 spiro atoms. The van der Waals surface area contributed by atoms with Crippen LogP contribution in [-0.4, -0.2) is 33.7 Å². The summed E-state index contributed by atoms with van der Waals surface area (Å²) in [6.45, 7) is 12.1. The molecule has 0 aliphatic carbocycles. The number of benzene rings is 1. The molecule has 5 nitrogen and oxygen atoms in total. The Morgan fingerprint density at radius 2 is 1.71 bits per heavy atom. The van der Waals surface area contributed by atoms with E-state index in [9.17, 15) is 4.79 Å². The van der Waals surface area contributed by atoms with E-state index in [0.717, 1.165) is 23.6 Å². The number of aromatic nitrogens is 2. The SMILES string of the molecule is Cc1nn(C[C@H](C)C(=O)Nc2ccc(CN3CCCCCC3)cc2)c(C)c1C. The molecule has 3 rings (SSSR count). The van der Waals surface area contributed by atoms with Gasteiger partial charge in [0.25, 0.3) is 0 Å². The molecular weight excluding hydrogens is 348 g/mol. The van der Waals surface area contributed by atoms with E-state index >= 15 is 0 Å². The molecule has 1 fully saturated rings. The second-order valence-electron chi connectivity index (χ2n) is 8.26. The van der Waals surface area contributed by atoms with Gasteiger partial charge in [-0.25, -0.2) is 0 Å². The highest BCUT2D eigenvalue weighted by Crippen LogP contribution is 2.17. The van der Waals surface area contributed by atoms with Crippen LogP contribution in [0.15, 0.2) is 24.3 Å². The second-order valence-corrected chi connectivity index (χ2v) is 8.26. The van der Waals surface area contributed by atoms with Crippen molar-refractivity contribution < 1.29 is 4.79 Å². The summed E-state index contributed by atoms with van der Waals surface area (Å²) in [5, 5.41) is 7.59. The van der Waals surface area contributed by atoms with Crippen LogP contribution in [0, 0.1) is 26.7 Å². The fourth-order valence-corrected chi connectivity index (χ4v) is 3.82. The van der Waals surface area contributed by atoms with Gasteiger partial charge < -0.3 is 5.32 Å². The standard InChI is InChI=1S/C23H34N4O/c1-17(15-27-20(4)18(2)19(3)25-27)23(28)24-22-11-9-21(10-12-22)16-26-13-7-5-6-8-14-26/h9-12,17H,5-8,13-16H2,1-4H3,(H,24,28)/t17-/m0/s1. The molecule has 1 amide bonds. The summed E-state index contributed by atoms with van der Waals surface area (Å²) in [5.41, 5.74) is 5.54. The third kappa shape index (κ3) is 5.22. The first kappa shape index (κ1) is 20.6. The number of aryl methyl sites for hydroxylation is 1. The Morgan fingerprint density at radius 3 is 2.29 bits per heavy atom. The molecule has 28 heavy (non-hydrogen) atoms. The highest BCUT2D eigenvalue weighted by molar-refractivity contribution is 5.92. The first-order valence-electron chi connectivity index (χ1n) is 10.6. The van der Waals surface area contributed by atoms with Gasteiger partial charge in [0.15, 0.2) is 0 Å². The lowest BCUT2D eigenvalue weighted by Gasteiger charge is -2.20. The van der Waals surface area contributed by atoms with Gasteiger partial charge in [-0.2, -0.15) is 5.10 Å². The first-order chi connectivity index (χ1) is 13.4. The molecule has 1 aromatic heterocycles. The van der Waals surface area contributed by atoms with E-state index in [1.54, 1.807) is 0 Å². The normalized spacial score (nSPS) is 16.6. The van der Waals surface area contributed by atoms with E-state index in [0.29, 0.717) is 6.54 Å². The van der Waals surface area contributed by atoms with Crippen molar-refractivity contribution in [3.8, 4) is 0 Å². The fourth-order valence-electron chi connectivity index (χ4n) is 3.82. The lowest BCUT2D eigenvalue weighted by Crippen LogP contribution is -2.25. The van der Waals surface area contributed by atoms with Crippen LogP contribution in [0.25, 0.3) is 0 Å². The number of anilines is 1. The van der Waals surface area contributed by atoms with Crippen LogP contribution in [0.4, 0.5) is 5.69 Å². The minimum absolute atomic E-state index is 0.0328. The Morgan fingerprint density at radius 1 is 1.07 bits per heavy atom. The maximum absolute atomic E-state index is 12.6. The highest BCUT2D eigenvalue weighted by Gasteiger charge is 2.17. The summed E-state index contributed by atoms with van der Waals surface area (Å²) in [4.78, 5) is 15.1. The molecule has 0 unspecified atom stereocenters. The Bertz CT molecular complexity index is 786. The van der Waals surface area contributed by atoms with Gasteiger partial charge in [0.1, 0.15) is 0 Å². The Hall–Kier alpha value is -2.14. The van der Waals surface area contributed by atoms with Gasteiger partial charge in [-0.1, -0.05) is 31.9 Å². The van der Waals surface area contributed by atoms with Crippen LogP contribution >= 0.6 is 0 Å². The van der Waals surface area contributed by atoms with E-state index in [-0.39, 0.29) is 11.8 Å². The maximum atomic E-state index is 12.6. The van der Waals surface area contributed by atoms with Crippen molar-refractivity contribution in [3.05, 3.63) is 46.8 Å². The van der Waals surface area contributed by atoms with E-state index in [4.69, 9.17) is 0 Å². The third-order valence-electron chi connectivity index (χ3n) is 5.96. The van der Waals surface area contributed by atoms with Crippen LogP contribution in [0.3, 0.4) is 0 Å². The average molecular weight is 383 g/mol. The van der Waals surface area contributed by atoms with Crippen LogP contribution in [0.5, 0.6) is 0 Å². The van der Waals surface area contributed by atoms with Crippen LogP contribution in [0.2, 0.25) is 0 Å². The second kappa shape index (κ2) is 9.37. The smallest absolute Gasteiger partial charge is 0.229 e. The average Bonchev–Trinajstić information content (AvgIpc) is 2.88. The lowest BCUT2D eigenvalue weighted by molar-refractivity contribution is -0.119. The van der Waals surface area contributed by atoms with Gasteiger partial charge >= 0.3 is 0 Å². The molecule has 1 atom stereocenters. The number of likely N-dealkylation sites (tertiary alicyclic amines) is 1. The molecule has 5 heteroatoms. The van der Waals surface area contributed by atoms with Gasteiger partial charge in [0, 0.05) is 17.9 Å². The Balaban J connectivity index is 1.53. The van der Waals surface area contributed by atoms with Crippen LogP contribution in [0.1, 0.15) is 55.1 Å². The third-order valence-corrected chi connectivity index (χ3v) is 5.96. The fraction of sp³-hybridized carbons (Fsp3) is 0.565. The zero-order valence-electron chi connectivity index (χ0n) is 17.8. The van der Waals surface area contributed by atoms with Crippen molar-refractivity contribution >= 4 is 11.6 Å². The number of hydrogen-bond acceptors (Lipinski definition) is 3. The summed E-state index contributed by atoms with van der Waals surface area (Å²) in [6, 6.07) is 8.31. The van der Waals surface area contributed by atoms with Crippen molar-refractivity contribution in [2.75, 3.05) is 18.4 Å². The van der Waals surface area contributed by atoms with E-state index in [2.05, 4.69) is 41.3 Å². The molecule has 0 saturated carbocycles. The summed E-state index contributed by atoms with van der Waals surface area (Å²) in [6.07, 6.45) is 5.33. The van der Waals surface area contributed by atoms with Gasteiger partial charge in [-0.3, -0.25) is 14.4 Å². The Labute approximate surface area is 169 Å². The van der Waals surface area contributed by atoms with Crippen molar-refractivity contribution in [1.29, 1.82) is 0 Å². The molecule has 1 N–H and O–H groups in total.